The molecule has 4 nitrogen and oxygen atoms in total. The van der Waals surface area contributed by atoms with Crippen molar-refractivity contribution in [1.29, 1.82) is 0 Å². The molecule has 2 aromatic heterocycles. The van der Waals surface area contributed by atoms with E-state index in [2.05, 4.69) is 27.1 Å². The molecule has 0 amide bonds. The van der Waals surface area contributed by atoms with Crippen molar-refractivity contribution in [3.05, 3.63) is 95.4 Å². The number of hydrogen-bond donors (Lipinski definition) is 0. The summed E-state index contributed by atoms with van der Waals surface area (Å²) in [5.74, 6) is 0. The fourth-order valence-electron chi connectivity index (χ4n) is 1.95. The monoisotopic (exact) mass is 523 g/mol. The Bertz CT molecular complexity index is 914. The molecule has 0 unspecified atom stereocenters. The van der Waals surface area contributed by atoms with Crippen molar-refractivity contribution in [3.63, 3.8) is 0 Å². The van der Waals surface area contributed by atoms with E-state index in [0.717, 1.165) is 16.9 Å². The number of nitrogens with zero attached hydrogens (tertiary/aromatic N) is 4. The summed E-state index contributed by atoms with van der Waals surface area (Å²) in [5.41, 5.74) is 5.29. The molecule has 0 aliphatic rings. The van der Waals surface area contributed by atoms with Crippen LogP contribution < -0.4 is 0 Å². The Morgan fingerprint density at radius 3 is 2.68 bits per heavy atom. The molecule has 0 saturated carbocycles. The molecule has 0 N–H and O–H groups in total. The van der Waals surface area contributed by atoms with E-state index in [1.54, 1.807) is 40.4 Å². The zero-order valence-electron chi connectivity index (χ0n) is 12.9. The van der Waals surface area contributed by atoms with Gasteiger partial charge in [0, 0.05) is 12.4 Å². The van der Waals surface area contributed by atoms with Gasteiger partial charge < -0.3 is 0 Å². The molecule has 0 bridgehead atoms. The summed E-state index contributed by atoms with van der Waals surface area (Å²) in [4.78, 5) is 7.50. The predicted molar refractivity (Wildman–Crippen MR) is 95.0 cm³/mol. The summed E-state index contributed by atoms with van der Waals surface area (Å²) in [6.45, 7) is 6.85. The Balaban J connectivity index is 0.000000175. The second-order valence-electron chi connectivity index (χ2n) is 4.64. The van der Waals surface area contributed by atoms with Crippen molar-refractivity contribution in [2.24, 2.45) is 0 Å². The normalized spacial score (nSPS) is 9.24. The summed E-state index contributed by atoms with van der Waals surface area (Å²) in [6, 6.07) is 21.0. The number of aromatic nitrogens is 3. The number of benzene rings is 2. The molecule has 0 aliphatic carbocycles. The summed E-state index contributed by atoms with van der Waals surface area (Å²) in [6.07, 6.45) is 3.51. The van der Waals surface area contributed by atoms with Crippen molar-refractivity contribution < 1.29 is 21.1 Å². The molecule has 0 aliphatic heterocycles. The largest absolute Gasteiger partial charge is 2.00 e. The van der Waals surface area contributed by atoms with Crippen LogP contribution in [0.2, 0.25) is 0 Å². The first-order valence-electron chi connectivity index (χ1n) is 7.11. The number of thiazole rings is 1. The molecular weight excluding hydrogens is 511 g/mol. The molecule has 0 spiro atoms. The second-order valence-corrected chi connectivity index (χ2v) is 5.36. The first kappa shape index (κ1) is 18.8. The average molecular weight is 523 g/mol. The van der Waals surface area contributed by atoms with Crippen molar-refractivity contribution in [2.45, 2.75) is 0 Å². The fourth-order valence-corrected chi connectivity index (χ4v) is 2.51. The quantitative estimate of drug-likeness (QED) is 0.353. The van der Waals surface area contributed by atoms with Gasteiger partial charge in [0.2, 0.25) is 0 Å². The molecule has 0 saturated heterocycles. The van der Waals surface area contributed by atoms with E-state index in [0.29, 0.717) is 5.69 Å². The predicted octanol–water partition coefficient (Wildman–Crippen LogP) is 4.83. The zero-order valence-corrected chi connectivity index (χ0v) is 16.0. The molecule has 6 heteroatoms. The molecule has 4 rings (SSSR count). The van der Waals surface area contributed by atoms with Gasteiger partial charge >= 0.3 is 21.1 Å². The Kier molecular flexibility index (Phi) is 7.28. The summed E-state index contributed by atoms with van der Waals surface area (Å²) in [5, 5.41) is 6.06. The van der Waals surface area contributed by atoms with Gasteiger partial charge in [-0.25, -0.2) is 0 Å². The molecule has 0 fully saturated rings. The minimum Gasteiger partial charge on any atom is -0.293 e. The average Bonchev–Trinajstić information content (AvgIpc) is 3.37. The van der Waals surface area contributed by atoms with Gasteiger partial charge in [-0.2, -0.15) is 23.3 Å². The summed E-state index contributed by atoms with van der Waals surface area (Å²) >= 11 is 1.60. The van der Waals surface area contributed by atoms with Crippen LogP contribution in [0.5, 0.6) is 0 Å². The van der Waals surface area contributed by atoms with Crippen LogP contribution in [0.3, 0.4) is 0 Å². The Labute approximate surface area is 164 Å². The minimum atomic E-state index is 0. The Hall–Kier alpha value is -2.54. The van der Waals surface area contributed by atoms with Gasteiger partial charge in [-0.15, -0.1) is 53.3 Å². The molecule has 0 atom stereocenters. The summed E-state index contributed by atoms with van der Waals surface area (Å²) in [7, 11) is 0. The maximum Gasteiger partial charge on any atom is 2.00 e. The fraction of sp³-hybridized carbons (Fsp3) is 0. The standard InChI is InChI=1S/C10H6N3.C9H6NS.Pt/c1-11-9-4-2-5-10(8-9)13-7-3-6-12-13;1-2-4-8(5-3-1)9-6-11-7-10-9;/h2-4,6-8H;1-4,6-7H;/q2*-1;+2. The van der Waals surface area contributed by atoms with E-state index in [9.17, 15) is 0 Å². The number of hydrogen-bond acceptors (Lipinski definition) is 3. The van der Waals surface area contributed by atoms with Crippen LogP contribution in [0.25, 0.3) is 21.8 Å². The maximum absolute atomic E-state index is 6.85. The Morgan fingerprint density at radius 2 is 2.04 bits per heavy atom. The van der Waals surface area contributed by atoms with E-state index in [1.807, 2.05) is 47.4 Å². The van der Waals surface area contributed by atoms with Crippen LogP contribution in [0.4, 0.5) is 5.69 Å². The van der Waals surface area contributed by atoms with E-state index in [4.69, 9.17) is 6.57 Å². The van der Waals surface area contributed by atoms with Crippen molar-refractivity contribution in [2.75, 3.05) is 0 Å². The number of rotatable bonds is 2. The van der Waals surface area contributed by atoms with E-state index in [-0.39, 0.29) is 21.1 Å². The molecule has 2 heterocycles. The van der Waals surface area contributed by atoms with E-state index < -0.39 is 0 Å². The van der Waals surface area contributed by atoms with Gasteiger partial charge in [0.25, 0.3) is 0 Å². The topological polar surface area (TPSA) is 35.1 Å². The van der Waals surface area contributed by atoms with Gasteiger partial charge in [0.15, 0.2) is 0 Å². The third-order valence-electron chi connectivity index (χ3n) is 3.07. The van der Waals surface area contributed by atoms with Crippen LogP contribution in [0.15, 0.2) is 71.8 Å². The van der Waals surface area contributed by atoms with Crippen molar-refractivity contribution >= 4 is 17.0 Å². The van der Waals surface area contributed by atoms with Crippen LogP contribution in [-0.4, -0.2) is 14.8 Å². The molecule has 2 aromatic carbocycles. The van der Waals surface area contributed by atoms with Crippen LogP contribution in [0.1, 0.15) is 0 Å². The minimum absolute atomic E-state index is 0. The van der Waals surface area contributed by atoms with Gasteiger partial charge in [-0.3, -0.25) is 14.5 Å². The Morgan fingerprint density at radius 1 is 1.12 bits per heavy atom. The van der Waals surface area contributed by atoms with Gasteiger partial charge in [-0.1, -0.05) is 5.69 Å². The first-order valence-corrected chi connectivity index (χ1v) is 8.05. The van der Waals surface area contributed by atoms with Gasteiger partial charge in [0.05, 0.1) is 17.8 Å². The van der Waals surface area contributed by atoms with Crippen LogP contribution >= 0.6 is 11.3 Å². The maximum atomic E-state index is 6.85. The van der Waals surface area contributed by atoms with Crippen molar-refractivity contribution in [1.82, 2.24) is 14.8 Å². The third kappa shape index (κ3) is 5.22. The first-order chi connectivity index (χ1) is 11.9. The van der Waals surface area contributed by atoms with Crippen molar-refractivity contribution in [3.8, 4) is 16.9 Å². The molecule has 124 valence electrons. The molecule has 25 heavy (non-hydrogen) atoms. The van der Waals surface area contributed by atoms with Crippen LogP contribution in [0, 0.1) is 18.7 Å². The third-order valence-corrected chi connectivity index (χ3v) is 3.65. The zero-order chi connectivity index (χ0) is 16.6. The van der Waals surface area contributed by atoms with Gasteiger partial charge in [0.1, 0.15) is 0 Å². The van der Waals surface area contributed by atoms with Crippen LogP contribution in [-0.2, 0) is 21.1 Å². The second kappa shape index (κ2) is 9.68. The molecule has 0 radical (unpaired) electrons. The summed E-state index contributed by atoms with van der Waals surface area (Å²) < 4.78 is 1.68. The van der Waals surface area contributed by atoms with E-state index in [1.165, 1.54) is 0 Å². The van der Waals surface area contributed by atoms with Gasteiger partial charge in [-0.05, 0) is 17.1 Å². The smallest absolute Gasteiger partial charge is 0.293 e. The molecule has 4 aromatic rings. The van der Waals surface area contributed by atoms with E-state index >= 15 is 0 Å². The molecular formula is C19H12N4PtS. The SMILES string of the molecule is [C-]#[N+]c1cc[c-]c(-n2cccn2)c1.[Pt+2].[c-]1ccccc1-c1cscn1.